The third-order valence-corrected chi connectivity index (χ3v) is 7.15. The van der Waals surface area contributed by atoms with Crippen molar-refractivity contribution < 1.29 is 27.1 Å². The van der Waals surface area contributed by atoms with Crippen molar-refractivity contribution in [2.45, 2.75) is 58.7 Å². The summed E-state index contributed by atoms with van der Waals surface area (Å²) in [6.07, 6.45) is 1.67. The minimum atomic E-state index is -3.66. The van der Waals surface area contributed by atoms with Crippen LogP contribution in [0.2, 0.25) is 5.02 Å². The van der Waals surface area contributed by atoms with Crippen LogP contribution in [-0.2, 0) is 26.2 Å². The van der Waals surface area contributed by atoms with Crippen molar-refractivity contribution >= 4 is 39.1 Å². The lowest BCUT2D eigenvalue weighted by Gasteiger charge is -2.31. The number of anilines is 1. The summed E-state index contributed by atoms with van der Waals surface area (Å²) in [5.74, 6) is -0.573. The first kappa shape index (κ1) is 30.4. The maximum absolute atomic E-state index is 13.4. The molecule has 0 aliphatic carbocycles. The number of sulfonamides is 1. The fourth-order valence-electron chi connectivity index (χ4n) is 3.90. The Balaban J connectivity index is 2.23. The average molecular weight is 556 g/mol. The third kappa shape index (κ3) is 8.89. The number of amides is 2. The van der Waals surface area contributed by atoms with Crippen LogP contribution in [-0.4, -0.2) is 57.1 Å². The van der Waals surface area contributed by atoms with Crippen molar-refractivity contribution in [3.05, 3.63) is 58.9 Å². The molecule has 0 aliphatic heterocycles. The number of halogens is 2. The molecule has 1 N–H and O–H groups in total. The van der Waals surface area contributed by atoms with E-state index in [0.717, 1.165) is 6.26 Å². The van der Waals surface area contributed by atoms with Gasteiger partial charge < -0.3 is 15.0 Å². The van der Waals surface area contributed by atoms with E-state index < -0.39 is 21.9 Å². The van der Waals surface area contributed by atoms with Crippen LogP contribution in [0, 0.1) is 5.82 Å². The molecule has 0 aromatic heterocycles. The van der Waals surface area contributed by atoms with Gasteiger partial charge in [-0.25, -0.2) is 12.8 Å². The van der Waals surface area contributed by atoms with Gasteiger partial charge in [0.1, 0.15) is 17.6 Å². The number of hydrogen-bond acceptors (Lipinski definition) is 5. The standard InChI is InChI=1S/C26H35ClFN3O5S/c1-6-23(26(33)29-18(2)3)30(17-19-9-11-20(28)12-10-19)25(32)8-7-15-31(37(5,34)35)21-13-14-24(36-4)22(27)16-21/h9-14,16,18,23H,6-8,15,17H2,1-5H3,(H,29,33)/t23-/m1/s1. The minimum Gasteiger partial charge on any atom is -0.495 e. The molecule has 37 heavy (non-hydrogen) atoms. The molecule has 0 aliphatic rings. The molecule has 2 amide bonds. The van der Waals surface area contributed by atoms with E-state index in [-0.39, 0.29) is 48.8 Å². The topological polar surface area (TPSA) is 96.0 Å². The highest BCUT2D eigenvalue weighted by Gasteiger charge is 2.29. The second-order valence-corrected chi connectivity index (χ2v) is 11.3. The summed E-state index contributed by atoms with van der Waals surface area (Å²) < 4.78 is 44.7. The first-order valence-corrected chi connectivity index (χ1v) is 14.3. The van der Waals surface area contributed by atoms with Crippen molar-refractivity contribution in [3.63, 3.8) is 0 Å². The van der Waals surface area contributed by atoms with E-state index in [1.54, 1.807) is 24.3 Å². The van der Waals surface area contributed by atoms with Gasteiger partial charge in [0.15, 0.2) is 0 Å². The fraction of sp³-hybridized carbons (Fsp3) is 0.462. The molecular formula is C26H35ClFN3O5S. The molecule has 0 saturated heterocycles. The molecule has 0 unspecified atom stereocenters. The highest BCUT2D eigenvalue weighted by Crippen LogP contribution is 2.30. The van der Waals surface area contributed by atoms with Gasteiger partial charge in [0.2, 0.25) is 21.8 Å². The zero-order chi connectivity index (χ0) is 27.8. The van der Waals surface area contributed by atoms with Crippen molar-refractivity contribution in [2.24, 2.45) is 0 Å². The van der Waals surface area contributed by atoms with Crippen LogP contribution < -0.4 is 14.4 Å². The Hall–Kier alpha value is -2.85. The second kappa shape index (κ2) is 13.6. The number of hydrogen-bond donors (Lipinski definition) is 1. The van der Waals surface area contributed by atoms with Crippen LogP contribution >= 0.6 is 11.6 Å². The van der Waals surface area contributed by atoms with Crippen molar-refractivity contribution in [1.29, 1.82) is 0 Å². The van der Waals surface area contributed by atoms with Crippen LogP contribution in [0.5, 0.6) is 5.75 Å². The van der Waals surface area contributed by atoms with Gasteiger partial charge in [-0.15, -0.1) is 0 Å². The molecular weight excluding hydrogens is 521 g/mol. The van der Waals surface area contributed by atoms with Crippen LogP contribution in [0.3, 0.4) is 0 Å². The molecule has 11 heteroatoms. The molecule has 0 spiro atoms. The number of ether oxygens (including phenoxy) is 1. The van der Waals surface area contributed by atoms with Crippen LogP contribution in [0.4, 0.5) is 10.1 Å². The van der Waals surface area contributed by atoms with Gasteiger partial charge >= 0.3 is 0 Å². The number of nitrogens with one attached hydrogen (secondary N) is 1. The van der Waals surface area contributed by atoms with E-state index in [9.17, 15) is 22.4 Å². The molecule has 0 bridgehead atoms. The lowest BCUT2D eigenvalue weighted by Crippen LogP contribution is -2.50. The monoisotopic (exact) mass is 555 g/mol. The molecule has 2 rings (SSSR count). The largest absolute Gasteiger partial charge is 0.495 e. The van der Waals surface area contributed by atoms with Gasteiger partial charge in [0.25, 0.3) is 0 Å². The van der Waals surface area contributed by atoms with Crippen molar-refractivity contribution in [3.8, 4) is 5.75 Å². The number of rotatable bonds is 13. The van der Waals surface area contributed by atoms with E-state index in [0.29, 0.717) is 23.4 Å². The molecule has 2 aromatic carbocycles. The van der Waals surface area contributed by atoms with Crippen LogP contribution in [0.25, 0.3) is 0 Å². The quantitative estimate of drug-likeness (QED) is 0.396. The first-order chi connectivity index (χ1) is 17.4. The highest BCUT2D eigenvalue weighted by molar-refractivity contribution is 7.92. The van der Waals surface area contributed by atoms with Crippen molar-refractivity contribution in [1.82, 2.24) is 10.2 Å². The fourth-order valence-corrected chi connectivity index (χ4v) is 5.11. The summed E-state index contributed by atoms with van der Waals surface area (Å²) in [5.41, 5.74) is 1.03. The zero-order valence-electron chi connectivity index (χ0n) is 21.8. The predicted octanol–water partition coefficient (Wildman–Crippen LogP) is 4.37. The van der Waals surface area contributed by atoms with Gasteiger partial charge in [-0.2, -0.15) is 0 Å². The predicted molar refractivity (Wildman–Crippen MR) is 144 cm³/mol. The summed E-state index contributed by atoms with van der Waals surface area (Å²) in [6, 6.07) is 9.56. The number of carbonyl (C=O) groups is 2. The van der Waals surface area contributed by atoms with Crippen molar-refractivity contribution in [2.75, 3.05) is 24.2 Å². The molecule has 204 valence electrons. The molecule has 0 fully saturated rings. The zero-order valence-corrected chi connectivity index (χ0v) is 23.4. The van der Waals surface area contributed by atoms with E-state index in [1.807, 2.05) is 20.8 Å². The summed E-state index contributed by atoms with van der Waals surface area (Å²) in [4.78, 5) is 27.7. The Labute approximate surface area is 223 Å². The van der Waals surface area contributed by atoms with E-state index in [4.69, 9.17) is 16.3 Å². The first-order valence-electron chi connectivity index (χ1n) is 12.0. The summed E-state index contributed by atoms with van der Waals surface area (Å²) >= 11 is 6.18. The Morgan fingerprint density at radius 3 is 2.30 bits per heavy atom. The van der Waals surface area contributed by atoms with E-state index in [1.165, 1.54) is 34.5 Å². The summed E-state index contributed by atoms with van der Waals surface area (Å²) in [6.45, 7) is 5.64. The van der Waals surface area contributed by atoms with Crippen LogP contribution in [0.15, 0.2) is 42.5 Å². The average Bonchev–Trinajstić information content (AvgIpc) is 2.81. The summed E-state index contributed by atoms with van der Waals surface area (Å²) in [5, 5.41) is 3.11. The number of methoxy groups -OCH3 is 1. The Morgan fingerprint density at radius 1 is 1.14 bits per heavy atom. The van der Waals surface area contributed by atoms with Gasteiger partial charge in [-0.3, -0.25) is 13.9 Å². The third-order valence-electron chi connectivity index (χ3n) is 5.66. The molecule has 0 saturated carbocycles. The van der Waals surface area contributed by atoms with Gasteiger partial charge in [-0.1, -0.05) is 30.7 Å². The maximum Gasteiger partial charge on any atom is 0.243 e. The number of carbonyl (C=O) groups excluding carboxylic acids is 2. The lowest BCUT2D eigenvalue weighted by molar-refractivity contribution is -0.141. The van der Waals surface area contributed by atoms with E-state index in [2.05, 4.69) is 5.32 Å². The molecule has 0 radical (unpaired) electrons. The molecule has 1 atom stereocenters. The SMILES string of the molecule is CC[C@H](C(=O)NC(C)C)N(Cc1ccc(F)cc1)C(=O)CCCN(c1ccc(OC)c(Cl)c1)S(C)(=O)=O. The summed E-state index contributed by atoms with van der Waals surface area (Å²) in [7, 11) is -2.20. The maximum atomic E-state index is 13.4. The Bertz CT molecular complexity index is 1180. The van der Waals surface area contributed by atoms with Gasteiger partial charge in [-0.05, 0) is 62.6 Å². The van der Waals surface area contributed by atoms with Gasteiger partial charge in [0, 0.05) is 25.6 Å². The smallest absolute Gasteiger partial charge is 0.243 e. The lowest BCUT2D eigenvalue weighted by atomic mass is 10.1. The van der Waals surface area contributed by atoms with E-state index >= 15 is 0 Å². The normalized spacial score (nSPS) is 12.2. The number of benzene rings is 2. The van der Waals surface area contributed by atoms with Crippen LogP contribution in [0.1, 0.15) is 45.6 Å². The molecule has 2 aromatic rings. The minimum absolute atomic E-state index is 0.00254. The molecule has 8 nitrogen and oxygen atoms in total. The second-order valence-electron chi connectivity index (χ2n) is 8.99. The Kier molecular flexibility index (Phi) is 11.2. The van der Waals surface area contributed by atoms with Gasteiger partial charge in [0.05, 0.1) is 24.1 Å². The highest BCUT2D eigenvalue weighted by atomic mass is 35.5. The molecule has 0 heterocycles. The Morgan fingerprint density at radius 2 is 1.78 bits per heavy atom. The number of nitrogens with zero attached hydrogens (tertiary/aromatic N) is 2.